The van der Waals surface area contributed by atoms with Crippen molar-refractivity contribution in [1.29, 1.82) is 0 Å². The van der Waals surface area contributed by atoms with Crippen molar-refractivity contribution in [3.63, 3.8) is 0 Å². The SMILES string of the molecule is CSCSC1CCC(C)(C)CC1. The third kappa shape index (κ3) is 3.61. The van der Waals surface area contributed by atoms with E-state index in [1.807, 2.05) is 11.8 Å². The third-order valence-electron chi connectivity index (χ3n) is 2.71. The molecule has 72 valence electrons. The van der Waals surface area contributed by atoms with Gasteiger partial charge in [0.15, 0.2) is 0 Å². The molecule has 0 aromatic heterocycles. The second-order valence-electron chi connectivity index (χ2n) is 4.44. The van der Waals surface area contributed by atoms with Crippen LogP contribution in [0.3, 0.4) is 0 Å². The average molecular weight is 204 g/mol. The topological polar surface area (TPSA) is 0 Å². The van der Waals surface area contributed by atoms with Gasteiger partial charge >= 0.3 is 0 Å². The summed E-state index contributed by atoms with van der Waals surface area (Å²) in [5, 5.41) is 2.25. The molecule has 1 saturated carbocycles. The van der Waals surface area contributed by atoms with E-state index in [1.165, 1.54) is 30.8 Å². The van der Waals surface area contributed by atoms with Gasteiger partial charge in [0.05, 0.1) is 0 Å². The van der Waals surface area contributed by atoms with Crippen LogP contribution in [0.4, 0.5) is 0 Å². The lowest BCUT2D eigenvalue weighted by Gasteiger charge is -2.33. The molecule has 1 fully saturated rings. The molecule has 1 aliphatic rings. The molecule has 0 spiro atoms. The average Bonchev–Trinajstić information content (AvgIpc) is 2.03. The quantitative estimate of drug-likeness (QED) is 0.637. The first-order valence-electron chi connectivity index (χ1n) is 4.74. The van der Waals surface area contributed by atoms with Crippen LogP contribution < -0.4 is 0 Å². The van der Waals surface area contributed by atoms with E-state index >= 15 is 0 Å². The first-order valence-corrected chi connectivity index (χ1v) is 7.19. The number of thioether (sulfide) groups is 2. The van der Waals surface area contributed by atoms with Crippen LogP contribution in [-0.4, -0.2) is 16.6 Å². The maximum atomic E-state index is 2.41. The van der Waals surface area contributed by atoms with Crippen LogP contribution >= 0.6 is 23.5 Å². The number of hydrogen-bond acceptors (Lipinski definition) is 2. The van der Waals surface area contributed by atoms with Crippen molar-refractivity contribution in [3.05, 3.63) is 0 Å². The fraction of sp³-hybridized carbons (Fsp3) is 1.00. The molecule has 0 saturated heterocycles. The van der Waals surface area contributed by atoms with Gasteiger partial charge in [-0.2, -0.15) is 11.8 Å². The van der Waals surface area contributed by atoms with E-state index < -0.39 is 0 Å². The summed E-state index contributed by atoms with van der Waals surface area (Å²) in [6.07, 6.45) is 7.94. The summed E-state index contributed by atoms with van der Waals surface area (Å²) in [6, 6.07) is 0. The van der Waals surface area contributed by atoms with Gasteiger partial charge in [0.25, 0.3) is 0 Å². The zero-order valence-corrected chi connectivity index (χ0v) is 10.1. The predicted molar refractivity (Wildman–Crippen MR) is 62.0 cm³/mol. The maximum absolute atomic E-state index is 2.41. The number of rotatable bonds is 3. The molecule has 0 amide bonds. The van der Waals surface area contributed by atoms with Crippen LogP contribution in [-0.2, 0) is 0 Å². The minimum atomic E-state index is 0.635. The fourth-order valence-corrected chi connectivity index (χ4v) is 3.59. The Morgan fingerprint density at radius 1 is 1.25 bits per heavy atom. The molecular formula is C10H20S2. The van der Waals surface area contributed by atoms with E-state index in [4.69, 9.17) is 0 Å². The van der Waals surface area contributed by atoms with Gasteiger partial charge < -0.3 is 0 Å². The van der Waals surface area contributed by atoms with Crippen LogP contribution in [0.15, 0.2) is 0 Å². The zero-order valence-electron chi connectivity index (χ0n) is 8.43. The van der Waals surface area contributed by atoms with Crippen molar-refractivity contribution in [2.75, 3.05) is 11.3 Å². The second-order valence-corrected chi connectivity index (χ2v) is 6.96. The molecule has 0 atom stereocenters. The summed E-state index contributed by atoms with van der Waals surface area (Å²) in [6.45, 7) is 4.81. The molecule has 0 N–H and O–H groups in total. The van der Waals surface area contributed by atoms with Crippen molar-refractivity contribution in [2.45, 2.75) is 44.8 Å². The van der Waals surface area contributed by atoms with E-state index in [0.717, 1.165) is 5.25 Å². The zero-order chi connectivity index (χ0) is 9.03. The molecule has 0 unspecified atom stereocenters. The van der Waals surface area contributed by atoms with Crippen LogP contribution in [0, 0.1) is 5.41 Å². The normalized spacial score (nSPS) is 24.2. The minimum Gasteiger partial charge on any atom is -0.154 e. The standard InChI is InChI=1S/C10H20S2/c1-10(2)6-4-9(5-7-10)12-8-11-3/h9H,4-8H2,1-3H3. The highest BCUT2D eigenvalue weighted by Crippen LogP contribution is 2.39. The smallest absolute Gasteiger partial charge is 0.0392 e. The lowest BCUT2D eigenvalue weighted by Crippen LogP contribution is -2.22. The monoisotopic (exact) mass is 204 g/mol. The Labute approximate surface area is 85.3 Å². The van der Waals surface area contributed by atoms with Gasteiger partial charge in [-0.15, -0.1) is 11.8 Å². The van der Waals surface area contributed by atoms with Gasteiger partial charge in [0.1, 0.15) is 0 Å². The molecule has 0 heterocycles. The molecule has 0 nitrogen and oxygen atoms in total. The molecule has 1 aliphatic carbocycles. The summed E-state index contributed by atoms with van der Waals surface area (Å²) >= 11 is 4.12. The Balaban J connectivity index is 2.18. The summed E-state index contributed by atoms with van der Waals surface area (Å²) < 4.78 is 0. The van der Waals surface area contributed by atoms with E-state index in [1.54, 1.807) is 0 Å². The lowest BCUT2D eigenvalue weighted by molar-refractivity contribution is 0.249. The largest absolute Gasteiger partial charge is 0.154 e. The van der Waals surface area contributed by atoms with E-state index in [9.17, 15) is 0 Å². The summed E-state index contributed by atoms with van der Waals surface area (Å²) in [5.41, 5.74) is 0.635. The first kappa shape index (κ1) is 10.8. The van der Waals surface area contributed by atoms with Crippen LogP contribution in [0.1, 0.15) is 39.5 Å². The molecule has 1 rings (SSSR count). The van der Waals surface area contributed by atoms with Gasteiger partial charge in [-0.3, -0.25) is 0 Å². The second kappa shape index (κ2) is 4.80. The Hall–Kier alpha value is 0.700. The third-order valence-corrected chi connectivity index (χ3v) is 5.14. The van der Waals surface area contributed by atoms with Gasteiger partial charge in [-0.1, -0.05) is 13.8 Å². The van der Waals surface area contributed by atoms with Crippen molar-refractivity contribution in [2.24, 2.45) is 5.41 Å². The highest BCUT2D eigenvalue weighted by atomic mass is 32.2. The summed E-state index contributed by atoms with van der Waals surface area (Å²) in [5.74, 6) is 0. The fourth-order valence-electron chi connectivity index (χ4n) is 1.70. The number of hydrogen-bond donors (Lipinski definition) is 0. The highest BCUT2D eigenvalue weighted by Gasteiger charge is 2.26. The van der Waals surface area contributed by atoms with E-state index in [2.05, 4.69) is 31.9 Å². The molecule has 0 aromatic rings. The molecule has 0 aliphatic heterocycles. The van der Waals surface area contributed by atoms with E-state index in [-0.39, 0.29) is 0 Å². The molecule has 2 heteroatoms. The maximum Gasteiger partial charge on any atom is 0.0392 e. The first-order chi connectivity index (χ1) is 5.64. The molecule has 0 bridgehead atoms. The molecule has 0 aromatic carbocycles. The molecule has 0 radical (unpaired) electrons. The van der Waals surface area contributed by atoms with Crippen molar-refractivity contribution >= 4 is 23.5 Å². The Morgan fingerprint density at radius 3 is 2.33 bits per heavy atom. The van der Waals surface area contributed by atoms with Gasteiger partial charge in [0, 0.05) is 10.3 Å². The van der Waals surface area contributed by atoms with Gasteiger partial charge in [-0.05, 0) is 37.4 Å². The molecular weight excluding hydrogens is 184 g/mol. The van der Waals surface area contributed by atoms with Gasteiger partial charge in [-0.25, -0.2) is 0 Å². The van der Waals surface area contributed by atoms with Crippen LogP contribution in [0.2, 0.25) is 0 Å². The predicted octanol–water partition coefficient (Wildman–Crippen LogP) is 4.01. The van der Waals surface area contributed by atoms with Crippen molar-refractivity contribution in [1.82, 2.24) is 0 Å². The van der Waals surface area contributed by atoms with Crippen LogP contribution in [0.5, 0.6) is 0 Å². The highest BCUT2D eigenvalue weighted by molar-refractivity contribution is 8.15. The lowest BCUT2D eigenvalue weighted by atomic mass is 9.77. The van der Waals surface area contributed by atoms with Gasteiger partial charge in [0.2, 0.25) is 0 Å². The minimum absolute atomic E-state index is 0.635. The Morgan fingerprint density at radius 2 is 1.83 bits per heavy atom. The van der Waals surface area contributed by atoms with Crippen LogP contribution in [0.25, 0.3) is 0 Å². The Kier molecular flexibility index (Phi) is 4.31. The Bertz CT molecular complexity index is 122. The molecule has 12 heavy (non-hydrogen) atoms. The van der Waals surface area contributed by atoms with Crippen molar-refractivity contribution in [3.8, 4) is 0 Å². The van der Waals surface area contributed by atoms with Crippen molar-refractivity contribution < 1.29 is 0 Å². The van der Waals surface area contributed by atoms with E-state index in [0.29, 0.717) is 5.41 Å². The summed E-state index contributed by atoms with van der Waals surface area (Å²) in [4.78, 5) is 0. The summed E-state index contributed by atoms with van der Waals surface area (Å²) in [7, 11) is 0.